The van der Waals surface area contributed by atoms with Gasteiger partial charge in [0.25, 0.3) is 5.56 Å². The minimum Gasteiger partial charge on any atom is -0.301 e. The van der Waals surface area contributed by atoms with Crippen LogP contribution in [0.4, 0.5) is 0 Å². The summed E-state index contributed by atoms with van der Waals surface area (Å²) in [5, 5.41) is 10.3. The molecule has 35 heavy (non-hydrogen) atoms. The van der Waals surface area contributed by atoms with E-state index in [0.29, 0.717) is 21.9 Å². The van der Waals surface area contributed by atoms with Gasteiger partial charge in [-0.05, 0) is 24.3 Å². The maximum absolute atomic E-state index is 12.8. The molecule has 3 aromatic carbocycles. The maximum atomic E-state index is 12.8. The Balaban J connectivity index is 1.36. The predicted octanol–water partition coefficient (Wildman–Crippen LogP) is 5.25. The second-order valence-electron chi connectivity index (χ2n) is 7.94. The van der Waals surface area contributed by atoms with E-state index in [1.165, 1.54) is 11.8 Å². The third kappa shape index (κ3) is 4.15. The number of thioether (sulfide) groups is 1. The van der Waals surface area contributed by atoms with Gasteiger partial charge in [-0.2, -0.15) is 10.2 Å². The van der Waals surface area contributed by atoms with Crippen molar-refractivity contribution < 1.29 is 0 Å². The molecule has 6 rings (SSSR count). The molecule has 0 saturated heterocycles. The Hall–Kier alpha value is -4.43. The molecule has 0 atom stereocenters. The lowest BCUT2D eigenvalue weighted by Crippen LogP contribution is -2.09. The molecule has 1 N–H and O–H groups in total. The van der Waals surface area contributed by atoms with Crippen LogP contribution in [0.5, 0.6) is 0 Å². The topological polar surface area (TPSA) is 81.4 Å². The number of nitrogens with one attached hydrogen (secondary N) is 1. The summed E-state index contributed by atoms with van der Waals surface area (Å²) in [7, 11) is 0. The van der Waals surface area contributed by atoms with Crippen molar-refractivity contribution in [2.45, 2.75) is 10.9 Å². The van der Waals surface area contributed by atoms with E-state index >= 15 is 0 Å². The van der Waals surface area contributed by atoms with E-state index in [4.69, 9.17) is 10.1 Å². The monoisotopic (exact) mass is 476 g/mol. The van der Waals surface area contributed by atoms with Crippen molar-refractivity contribution in [1.82, 2.24) is 29.5 Å². The van der Waals surface area contributed by atoms with Crippen LogP contribution in [0.15, 0.2) is 113 Å². The normalized spacial score (nSPS) is 11.2. The van der Waals surface area contributed by atoms with Crippen molar-refractivity contribution in [3.63, 3.8) is 0 Å². The number of fused-ring (bicyclic) bond motifs is 1. The van der Waals surface area contributed by atoms with Gasteiger partial charge in [0.1, 0.15) is 5.39 Å². The molecule has 0 radical (unpaired) electrons. The van der Waals surface area contributed by atoms with E-state index in [0.717, 1.165) is 28.2 Å². The highest BCUT2D eigenvalue weighted by Gasteiger charge is 2.15. The molecule has 0 aliphatic heterocycles. The highest BCUT2D eigenvalue weighted by molar-refractivity contribution is 7.98. The zero-order chi connectivity index (χ0) is 23.6. The highest BCUT2D eigenvalue weighted by Crippen LogP contribution is 2.29. The van der Waals surface area contributed by atoms with Gasteiger partial charge in [-0.25, -0.2) is 14.3 Å². The van der Waals surface area contributed by atoms with Crippen LogP contribution >= 0.6 is 11.8 Å². The van der Waals surface area contributed by atoms with Crippen LogP contribution < -0.4 is 5.56 Å². The van der Waals surface area contributed by atoms with Crippen LogP contribution in [0.1, 0.15) is 5.56 Å². The molecule has 8 heteroatoms. The molecule has 3 heterocycles. The molecular formula is C27H20N6OS. The fourth-order valence-corrected chi connectivity index (χ4v) is 4.76. The van der Waals surface area contributed by atoms with E-state index < -0.39 is 0 Å². The molecule has 6 aromatic rings. The van der Waals surface area contributed by atoms with Gasteiger partial charge in [0.15, 0.2) is 10.8 Å². The summed E-state index contributed by atoms with van der Waals surface area (Å²) in [6.45, 7) is 0. The highest BCUT2D eigenvalue weighted by atomic mass is 32.2. The van der Waals surface area contributed by atoms with Crippen molar-refractivity contribution in [1.29, 1.82) is 0 Å². The van der Waals surface area contributed by atoms with Crippen LogP contribution in [-0.4, -0.2) is 29.5 Å². The second kappa shape index (κ2) is 9.08. The summed E-state index contributed by atoms with van der Waals surface area (Å²) in [6, 6.07) is 29.8. The number of aromatic amines is 1. The summed E-state index contributed by atoms with van der Waals surface area (Å²) >= 11 is 1.47. The molecule has 0 unspecified atom stereocenters. The number of H-pyrrole nitrogens is 1. The SMILES string of the molecule is O=c1[nH]c(SCc2cn(-c3ccccc3)nc2-c2ccccc2)nc2c1cnn2-c1ccccc1. The van der Waals surface area contributed by atoms with E-state index in [-0.39, 0.29) is 5.56 Å². The Labute approximate surface area is 205 Å². The molecule has 0 amide bonds. The van der Waals surface area contributed by atoms with Gasteiger partial charge in [-0.1, -0.05) is 78.5 Å². The standard InChI is InChI=1S/C27H20N6OS/c34-26-23-16-28-33(22-14-8-3-9-15-22)25(23)29-27(30-26)35-18-20-17-32(21-12-6-2-7-13-21)31-24(20)19-10-4-1-5-11-19/h1-17H,18H2,(H,29,30,34). The van der Waals surface area contributed by atoms with Gasteiger partial charge < -0.3 is 4.98 Å². The average Bonchev–Trinajstić information content (AvgIpc) is 3.54. The largest absolute Gasteiger partial charge is 0.301 e. The van der Waals surface area contributed by atoms with E-state index in [1.807, 2.05) is 89.7 Å². The first-order chi connectivity index (χ1) is 17.3. The van der Waals surface area contributed by atoms with E-state index in [9.17, 15) is 4.79 Å². The summed E-state index contributed by atoms with van der Waals surface area (Å²) in [4.78, 5) is 20.4. The van der Waals surface area contributed by atoms with Gasteiger partial charge in [-0.3, -0.25) is 4.79 Å². The third-order valence-corrected chi connectivity index (χ3v) is 6.56. The molecule has 170 valence electrons. The fourth-order valence-electron chi connectivity index (χ4n) is 3.94. The predicted molar refractivity (Wildman–Crippen MR) is 138 cm³/mol. The Morgan fingerprint density at radius 2 is 1.49 bits per heavy atom. The summed E-state index contributed by atoms with van der Waals surface area (Å²) in [5.41, 5.74) is 5.15. The number of aromatic nitrogens is 6. The van der Waals surface area contributed by atoms with Crippen LogP contribution in [0.25, 0.3) is 33.7 Å². The molecule has 0 bridgehead atoms. The Morgan fingerprint density at radius 1 is 0.829 bits per heavy atom. The lowest BCUT2D eigenvalue weighted by Gasteiger charge is -2.05. The first kappa shape index (κ1) is 21.1. The van der Waals surface area contributed by atoms with Crippen molar-refractivity contribution in [3.8, 4) is 22.6 Å². The Bertz CT molecular complexity index is 1660. The van der Waals surface area contributed by atoms with Crippen LogP contribution in [0.3, 0.4) is 0 Å². The molecule has 0 aliphatic carbocycles. The number of hydrogen-bond acceptors (Lipinski definition) is 5. The van der Waals surface area contributed by atoms with Crippen molar-refractivity contribution in [2.75, 3.05) is 0 Å². The number of rotatable bonds is 6. The van der Waals surface area contributed by atoms with Crippen molar-refractivity contribution in [3.05, 3.63) is 119 Å². The Kier molecular flexibility index (Phi) is 5.48. The third-order valence-electron chi connectivity index (χ3n) is 5.64. The molecule has 0 spiro atoms. The summed E-state index contributed by atoms with van der Waals surface area (Å²) < 4.78 is 3.58. The smallest absolute Gasteiger partial charge is 0.262 e. The summed E-state index contributed by atoms with van der Waals surface area (Å²) in [6.07, 6.45) is 3.59. The van der Waals surface area contributed by atoms with Gasteiger partial charge in [-0.15, -0.1) is 0 Å². The maximum Gasteiger partial charge on any atom is 0.262 e. The number of para-hydroxylation sites is 2. The lowest BCUT2D eigenvalue weighted by molar-refractivity contribution is 0.873. The first-order valence-electron chi connectivity index (χ1n) is 11.1. The van der Waals surface area contributed by atoms with Crippen LogP contribution in [0.2, 0.25) is 0 Å². The van der Waals surface area contributed by atoms with Crippen molar-refractivity contribution >= 4 is 22.8 Å². The van der Waals surface area contributed by atoms with Gasteiger partial charge in [0.05, 0.1) is 23.3 Å². The Morgan fingerprint density at radius 3 is 2.20 bits per heavy atom. The van der Waals surface area contributed by atoms with Gasteiger partial charge >= 0.3 is 0 Å². The van der Waals surface area contributed by atoms with Gasteiger partial charge in [0, 0.05) is 23.1 Å². The summed E-state index contributed by atoms with van der Waals surface area (Å²) in [5.74, 6) is 0.588. The minimum absolute atomic E-state index is 0.206. The fraction of sp³-hybridized carbons (Fsp3) is 0.0370. The lowest BCUT2D eigenvalue weighted by atomic mass is 10.1. The number of nitrogens with zero attached hydrogens (tertiary/aromatic N) is 5. The molecular weight excluding hydrogens is 456 g/mol. The van der Waals surface area contributed by atoms with E-state index in [2.05, 4.69) is 22.2 Å². The molecule has 0 aliphatic rings. The van der Waals surface area contributed by atoms with E-state index in [1.54, 1.807) is 10.9 Å². The van der Waals surface area contributed by atoms with Crippen LogP contribution in [0, 0.1) is 0 Å². The van der Waals surface area contributed by atoms with Crippen LogP contribution in [-0.2, 0) is 5.75 Å². The zero-order valence-corrected chi connectivity index (χ0v) is 19.4. The zero-order valence-electron chi connectivity index (χ0n) is 18.6. The average molecular weight is 477 g/mol. The molecule has 0 saturated carbocycles. The number of benzene rings is 3. The molecule has 7 nitrogen and oxygen atoms in total. The molecule has 0 fully saturated rings. The van der Waals surface area contributed by atoms with Crippen molar-refractivity contribution in [2.24, 2.45) is 0 Å². The minimum atomic E-state index is -0.206. The van der Waals surface area contributed by atoms with Gasteiger partial charge in [0.2, 0.25) is 0 Å². The quantitative estimate of drug-likeness (QED) is 0.262. The first-order valence-corrected chi connectivity index (χ1v) is 12.1. The number of hydrogen-bond donors (Lipinski definition) is 1. The second-order valence-corrected chi connectivity index (χ2v) is 8.90. The molecule has 3 aromatic heterocycles.